The topological polar surface area (TPSA) is 102 Å². The highest BCUT2D eigenvalue weighted by atomic mass is 19.1. The molecule has 28 heavy (non-hydrogen) atoms. The minimum Gasteiger partial charge on any atom is -0.489 e. The Bertz CT molecular complexity index is 859. The van der Waals surface area contributed by atoms with Crippen molar-refractivity contribution in [3.8, 4) is 17.0 Å². The first-order chi connectivity index (χ1) is 13.0. The van der Waals surface area contributed by atoms with Gasteiger partial charge in [-0.25, -0.2) is 28.4 Å². The number of hydrogen-bond donors (Lipinski definition) is 2. The third-order valence-corrected chi connectivity index (χ3v) is 3.96. The highest BCUT2D eigenvalue weighted by molar-refractivity contribution is 5.83. The van der Waals surface area contributed by atoms with Crippen molar-refractivity contribution in [3.63, 3.8) is 0 Å². The average molecular weight is 394 g/mol. The average Bonchev–Trinajstić information content (AvgIpc) is 2.60. The Morgan fingerprint density at radius 1 is 1.36 bits per heavy atom. The second-order valence-electron chi connectivity index (χ2n) is 7.39. The molecule has 0 unspecified atom stereocenters. The molecule has 1 aromatic carbocycles. The molecule has 1 amide bonds. The van der Waals surface area contributed by atoms with Crippen LogP contribution in [0.1, 0.15) is 27.2 Å². The summed E-state index contributed by atoms with van der Waals surface area (Å²) in [4.78, 5) is 19.6. The second kappa shape index (κ2) is 8.47. The van der Waals surface area contributed by atoms with Crippen LogP contribution in [0.4, 0.5) is 19.5 Å². The van der Waals surface area contributed by atoms with Gasteiger partial charge in [-0.15, -0.1) is 0 Å². The largest absolute Gasteiger partial charge is 0.489 e. The van der Waals surface area contributed by atoms with Crippen molar-refractivity contribution in [2.45, 2.75) is 32.7 Å². The zero-order chi connectivity index (χ0) is 21.1. The van der Waals surface area contributed by atoms with Gasteiger partial charge in [0.25, 0.3) is 0 Å². The third kappa shape index (κ3) is 5.35. The summed E-state index contributed by atoms with van der Waals surface area (Å²) in [6, 6.07) is 3.24. The van der Waals surface area contributed by atoms with Gasteiger partial charge in [-0.3, -0.25) is 0 Å². The van der Waals surface area contributed by atoms with Crippen LogP contribution in [0.5, 0.6) is 5.75 Å². The molecule has 0 aliphatic carbocycles. The van der Waals surface area contributed by atoms with Crippen molar-refractivity contribution in [2.24, 2.45) is 11.7 Å². The molecule has 3 N–H and O–H groups in total. The van der Waals surface area contributed by atoms with Gasteiger partial charge < -0.3 is 15.6 Å². The molecule has 0 bridgehead atoms. The van der Waals surface area contributed by atoms with Crippen LogP contribution in [0.2, 0.25) is 0 Å². The molecule has 0 aliphatic rings. The van der Waals surface area contributed by atoms with E-state index >= 15 is 0 Å². The lowest BCUT2D eigenvalue weighted by Crippen LogP contribution is -2.43. The van der Waals surface area contributed by atoms with Crippen LogP contribution in [0.3, 0.4) is 0 Å². The van der Waals surface area contributed by atoms with Gasteiger partial charge in [-0.05, 0) is 31.4 Å². The number of carboxylic acid groups (broad SMARTS) is 1. The number of ether oxygens (including phenoxy) is 1. The van der Waals surface area contributed by atoms with Crippen molar-refractivity contribution in [1.82, 2.24) is 9.97 Å². The number of nitrogens with zero attached hydrogens (tertiary/aromatic N) is 3. The van der Waals surface area contributed by atoms with E-state index in [0.29, 0.717) is 12.3 Å². The quantitative estimate of drug-likeness (QED) is 0.743. The van der Waals surface area contributed by atoms with Crippen molar-refractivity contribution < 1.29 is 23.4 Å². The Balaban J connectivity index is 2.27. The molecule has 2 rings (SSSR count). The van der Waals surface area contributed by atoms with E-state index in [1.54, 1.807) is 6.92 Å². The number of hydrogen-bond acceptors (Lipinski definition) is 5. The number of halogens is 2. The van der Waals surface area contributed by atoms with Gasteiger partial charge in [0.15, 0.2) is 11.6 Å². The van der Waals surface area contributed by atoms with Crippen molar-refractivity contribution >= 4 is 12.0 Å². The summed E-state index contributed by atoms with van der Waals surface area (Å²) in [6.07, 6.45) is 0.652. The van der Waals surface area contributed by atoms with Crippen LogP contribution in [0, 0.1) is 17.6 Å². The highest BCUT2D eigenvalue weighted by Gasteiger charge is 2.23. The summed E-state index contributed by atoms with van der Waals surface area (Å²) in [6.45, 7) is 5.84. The minimum absolute atomic E-state index is 0.0297. The fraction of sp³-hybridized carbons (Fsp3) is 0.421. The molecule has 9 heteroatoms. The predicted molar refractivity (Wildman–Crippen MR) is 101 cm³/mol. The van der Waals surface area contributed by atoms with Crippen LogP contribution in [0.25, 0.3) is 11.3 Å². The number of amides is 1. The lowest BCUT2D eigenvalue weighted by atomic mass is 9.93. The molecule has 152 valence electrons. The van der Waals surface area contributed by atoms with E-state index in [2.05, 4.69) is 9.97 Å². The van der Waals surface area contributed by atoms with Crippen LogP contribution >= 0.6 is 0 Å². The maximum Gasteiger partial charge on any atom is 0.413 e. The van der Waals surface area contributed by atoms with Gasteiger partial charge in [-0.2, -0.15) is 0 Å². The first-order valence-corrected chi connectivity index (χ1v) is 8.71. The molecule has 0 saturated carbocycles. The second-order valence-corrected chi connectivity index (χ2v) is 7.39. The fourth-order valence-corrected chi connectivity index (χ4v) is 2.82. The molecule has 2 aromatic rings. The summed E-state index contributed by atoms with van der Waals surface area (Å²) in [5, 5.41) is 9.00. The van der Waals surface area contributed by atoms with Gasteiger partial charge in [0.2, 0.25) is 5.95 Å². The maximum absolute atomic E-state index is 14.6. The lowest BCUT2D eigenvalue weighted by Gasteiger charge is -2.26. The smallest absolute Gasteiger partial charge is 0.413 e. The predicted octanol–water partition coefficient (Wildman–Crippen LogP) is 3.68. The van der Waals surface area contributed by atoms with E-state index in [-0.39, 0.29) is 29.6 Å². The summed E-state index contributed by atoms with van der Waals surface area (Å²) < 4.78 is 34.4. The van der Waals surface area contributed by atoms with E-state index in [0.717, 1.165) is 17.0 Å². The molecular weight excluding hydrogens is 370 g/mol. The van der Waals surface area contributed by atoms with E-state index in [4.69, 9.17) is 15.6 Å². The molecule has 0 radical (unpaired) electrons. The summed E-state index contributed by atoms with van der Waals surface area (Å²) in [5.74, 6) is -1.61. The zero-order valence-corrected chi connectivity index (χ0v) is 16.2. The van der Waals surface area contributed by atoms with Crippen LogP contribution in [-0.2, 0) is 0 Å². The van der Waals surface area contributed by atoms with Gasteiger partial charge in [0.05, 0.1) is 5.69 Å². The number of aromatic nitrogens is 2. The molecule has 0 saturated heterocycles. The van der Waals surface area contributed by atoms with Gasteiger partial charge in [-0.1, -0.05) is 13.8 Å². The monoisotopic (exact) mass is 394 g/mol. The zero-order valence-electron chi connectivity index (χ0n) is 16.2. The highest BCUT2D eigenvalue weighted by Crippen LogP contribution is 2.29. The van der Waals surface area contributed by atoms with E-state index in [9.17, 15) is 13.6 Å². The molecule has 0 fully saturated rings. The SMILES string of the molecule is CC(C)C[C@](C)(N)COc1cc(F)c(-c2ccnc(N(C)C(=O)O)n2)cc1F. The Morgan fingerprint density at radius 2 is 2.04 bits per heavy atom. The number of rotatable bonds is 7. The molecular formula is C19H24F2N4O3. The Morgan fingerprint density at radius 3 is 2.64 bits per heavy atom. The molecule has 1 atom stereocenters. The number of anilines is 1. The number of nitrogens with two attached hydrogens (primary N) is 1. The van der Waals surface area contributed by atoms with Crippen LogP contribution in [-0.4, -0.2) is 40.4 Å². The molecule has 7 nitrogen and oxygen atoms in total. The maximum atomic E-state index is 14.6. The third-order valence-electron chi connectivity index (χ3n) is 3.96. The van der Waals surface area contributed by atoms with Crippen LogP contribution < -0.4 is 15.4 Å². The molecule has 1 aromatic heterocycles. The lowest BCUT2D eigenvalue weighted by molar-refractivity contribution is 0.199. The first kappa shape index (κ1) is 21.5. The molecule has 1 heterocycles. The number of benzene rings is 1. The van der Waals surface area contributed by atoms with Crippen LogP contribution in [0.15, 0.2) is 24.4 Å². The minimum atomic E-state index is -1.28. The van der Waals surface area contributed by atoms with Crippen molar-refractivity contribution in [2.75, 3.05) is 18.6 Å². The Kier molecular flexibility index (Phi) is 6.50. The van der Waals surface area contributed by atoms with Gasteiger partial charge in [0, 0.05) is 30.4 Å². The first-order valence-electron chi connectivity index (χ1n) is 8.71. The fourth-order valence-electron chi connectivity index (χ4n) is 2.82. The van der Waals surface area contributed by atoms with Gasteiger partial charge in [0.1, 0.15) is 12.4 Å². The van der Waals surface area contributed by atoms with Gasteiger partial charge >= 0.3 is 6.09 Å². The standard InChI is InChI=1S/C19H24F2N4O3/c1-11(2)9-19(3,22)10-28-16-8-13(20)12(7-14(16)21)15-5-6-23-17(24-15)25(4)18(26)27/h5-8,11H,9-10,22H2,1-4H3,(H,26,27)/t19-/m0/s1. The Hall–Kier alpha value is -2.81. The van der Waals surface area contributed by atoms with Crippen molar-refractivity contribution in [3.05, 3.63) is 36.0 Å². The van der Waals surface area contributed by atoms with E-state index < -0.39 is 23.3 Å². The van der Waals surface area contributed by atoms with E-state index in [1.165, 1.54) is 19.3 Å². The van der Waals surface area contributed by atoms with Crippen molar-refractivity contribution in [1.29, 1.82) is 0 Å². The number of carbonyl (C=O) groups is 1. The molecule has 0 aliphatic heterocycles. The summed E-state index contributed by atoms with van der Waals surface area (Å²) >= 11 is 0. The molecule has 0 spiro atoms. The van der Waals surface area contributed by atoms with E-state index in [1.807, 2.05) is 13.8 Å². The summed E-state index contributed by atoms with van der Waals surface area (Å²) in [7, 11) is 1.25. The summed E-state index contributed by atoms with van der Waals surface area (Å²) in [5.41, 5.74) is 5.36. The normalized spacial score (nSPS) is 13.3. The Labute approximate surface area is 162 Å².